The Balaban J connectivity index is 1.75. The van der Waals surface area contributed by atoms with Gasteiger partial charge in [-0.2, -0.15) is 0 Å². The van der Waals surface area contributed by atoms with Gasteiger partial charge in [-0.15, -0.1) is 0 Å². The number of hydrogen-bond acceptors (Lipinski definition) is 4. The molecule has 0 saturated heterocycles. The molecule has 0 N–H and O–H groups in total. The summed E-state index contributed by atoms with van der Waals surface area (Å²) in [5.41, 5.74) is 5.52. The number of carbonyl (C=O) groups excluding carboxylic acids is 1. The number of aromatic nitrogens is 3. The molecule has 4 nitrogen and oxygen atoms in total. The molecule has 3 aromatic rings. The molecule has 0 spiro atoms. The lowest BCUT2D eigenvalue weighted by atomic mass is 9.95. The monoisotopic (exact) mass is 379 g/mol. The molecule has 1 aromatic carbocycles. The Hall–Kier alpha value is -2.14. The van der Waals surface area contributed by atoms with E-state index in [1.54, 1.807) is 0 Å². The number of fused-ring (bicyclic) bond motifs is 3. The average molecular weight is 380 g/mol. The molecule has 2 heterocycles. The van der Waals surface area contributed by atoms with Crippen molar-refractivity contribution in [2.75, 3.05) is 0 Å². The van der Waals surface area contributed by atoms with Gasteiger partial charge in [0.05, 0.1) is 10.8 Å². The smallest absolute Gasteiger partial charge is 0.244 e. The van der Waals surface area contributed by atoms with Crippen molar-refractivity contribution in [3.8, 4) is 0 Å². The van der Waals surface area contributed by atoms with E-state index in [4.69, 9.17) is 0 Å². The lowest BCUT2D eigenvalue weighted by molar-refractivity contribution is 0.0910. The van der Waals surface area contributed by atoms with Crippen LogP contribution in [-0.2, 0) is 12.8 Å². The van der Waals surface area contributed by atoms with Crippen LogP contribution in [0.3, 0.4) is 0 Å². The molecular weight excluding hydrogens is 354 g/mol. The second-order valence-electron chi connectivity index (χ2n) is 7.27. The van der Waals surface area contributed by atoms with Crippen LogP contribution in [0.25, 0.3) is 10.9 Å². The van der Waals surface area contributed by atoms with Crippen LogP contribution in [0.15, 0.2) is 35.5 Å². The normalized spacial score (nSPS) is 14.9. The summed E-state index contributed by atoms with van der Waals surface area (Å²) in [7, 11) is 0. The van der Waals surface area contributed by atoms with Crippen LogP contribution in [0, 0.1) is 13.8 Å². The summed E-state index contributed by atoms with van der Waals surface area (Å²) >= 11 is 1.49. The molecule has 4 rings (SSSR count). The molecule has 5 heteroatoms. The first-order valence-corrected chi connectivity index (χ1v) is 10.6. The maximum atomic E-state index is 13.6. The third kappa shape index (κ3) is 3.41. The Morgan fingerprint density at radius 2 is 1.85 bits per heavy atom. The van der Waals surface area contributed by atoms with Gasteiger partial charge in [0, 0.05) is 22.5 Å². The van der Waals surface area contributed by atoms with Gasteiger partial charge >= 0.3 is 0 Å². The molecule has 1 aliphatic rings. The molecule has 2 aromatic heterocycles. The molecule has 1 aliphatic carbocycles. The number of benzene rings is 1. The van der Waals surface area contributed by atoms with Crippen LogP contribution in [0.2, 0.25) is 0 Å². The number of thioether (sulfide) groups is 1. The maximum Gasteiger partial charge on any atom is 0.244 e. The van der Waals surface area contributed by atoms with Crippen LogP contribution in [-0.4, -0.2) is 25.7 Å². The topological polar surface area (TPSA) is 47.8 Å². The van der Waals surface area contributed by atoms with E-state index in [1.165, 1.54) is 34.8 Å². The standard InChI is InChI=1S/C22H25N3OS/c1-4-20(27-22-23-14(2)13-15(3)24-22)21(26)25-18-11-7-5-9-16(18)17-10-6-8-12-19(17)25/h5,7,9,11,13,20H,4,6,8,10,12H2,1-3H3. The summed E-state index contributed by atoms with van der Waals surface area (Å²) in [5, 5.41) is 1.74. The number of hydrogen-bond donors (Lipinski definition) is 0. The highest BCUT2D eigenvalue weighted by atomic mass is 32.2. The van der Waals surface area contributed by atoms with Crippen molar-refractivity contribution in [3.63, 3.8) is 0 Å². The van der Waals surface area contributed by atoms with Gasteiger partial charge in [-0.1, -0.05) is 36.9 Å². The Kier molecular flexibility index (Phi) is 5.04. The highest BCUT2D eigenvalue weighted by Gasteiger charge is 2.28. The summed E-state index contributed by atoms with van der Waals surface area (Å²) < 4.78 is 1.99. The SMILES string of the molecule is CCC(Sc1nc(C)cc(C)n1)C(=O)n1c2c(c3ccccc31)CCCC2. The zero-order chi connectivity index (χ0) is 19.0. The van der Waals surface area contributed by atoms with Gasteiger partial charge in [0.1, 0.15) is 0 Å². The van der Waals surface area contributed by atoms with Crippen molar-refractivity contribution in [1.29, 1.82) is 0 Å². The Morgan fingerprint density at radius 1 is 1.15 bits per heavy atom. The lowest BCUT2D eigenvalue weighted by Gasteiger charge is -2.19. The summed E-state index contributed by atoms with van der Waals surface area (Å²) in [6.07, 6.45) is 5.16. The van der Waals surface area contributed by atoms with E-state index in [-0.39, 0.29) is 11.2 Å². The van der Waals surface area contributed by atoms with E-state index in [0.717, 1.165) is 42.6 Å². The highest BCUT2D eigenvalue weighted by Crippen LogP contribution is 2.34. The minimum atomic E-state index is -0.187. The Morgan fingerprint density at radius 3 is 2.59 bits per heavy atom. The van der Waals surface area contributed by atoms with E-state index in [9.17, 15) is 4.79 Å². The number of aryl methyl sites for hydroxylation is 3. The fourth-order valence-electron chi connectivity index (χ4n) is 4.07. The summed E-state index contributed by atoms with van der Waals surface area (Å²) in [4.78, 5) is 22.6. The van der Waals surface area contributed by atoms with Gasteiger partial charge in [0.25, 0.3) is 0 Å². The molecule has 0 aliphatic heterocycles. The minimum absolute atomic E-state index is 0.157. The van der Waals surface area contributed by atoms with Crippen LogP contribution in [0.5, 0.6) is 0 Å². The third-order valence-electron chi connectivity index (χ3n) is 5.25. The largest absolute Gasteiger partial charge is 0.283 e. The first-order valence-electron chi connectivity index (χ1n) is 9.73. The van der Waals surface area contributed by atoms with Gasteiger partial charge in [-0.05, 0) is 63.6 Å². The number of carbonyl (C=O) groups is 1. The molecule has 0 saturated carbocycles. The predicted molar refractivity (Wildman–Crippen MR) is 111 cm³/mol. The fraction of sp³-hybridized carbons (Fsp3) is 0.409. The van der Waals surface area contributed by atoms with E-state index in [2.05, 4.69) is 35.1 Å². The molecular formula is C22H25N3OS. The van der Waals surface area contributed by atoms with Gasteiger partial charge in [0.2, 0.25) is 5.91 Å². The van der Waals surface area contributed by atoms with Gasteiger partial charge in [-0.3, -0.25) is 9.36 Å². The van der Waals surface area contributed by atoms with Gasteiger partial charge in [0.15, 0.2) is 5.16 Å². The van der Waals surface area contributed by atoms with E-state index >= 15 is 0 Å². The second-order valence-corrected chi connectivity index (χ2v) is 8.44. The fourth-order valence-corrected chi connectivity index (χ4v) is 5.09. The zero-order valence-corrected chi connectivity index (χ0v) is 17.0. The maximum absolute atomic E-state index is 13.6. The predicted octanol–water partition coefficient (Wildman–Crippen LogP) is 5.14. The van der Waals surface area contributed by atoms with E-state index < -0.39 is 0 Å². The summed E-state index contributed by atoms with van der Waals surface area (Å²) in [6, 6.07) is 10.3. The van der Waals surface area contributed by atoms with Crippen molar-refractivity contribution in [2.45, 2.75) is 63.3 Å². The molecule has 0 bridgehead atoms. The van der Waals surface area contributed by atoms with Gasteiger partial charge < -0.3 is 0 Å². The quantitative estimate of drug-likeness (QED) is 0.465. The Labute approximate surface area is 164 Å². The molecule has 27 heavy (non-hydrogen) atoms. The van der Waals surface area contributed by atoms with E-state index in [0.29, 0.717) is 5.16 Å². The summed E-state index contributed by atoms with van der Waals surface area (Å²) in [6.45, 7) is 6.01. The number of rotatable bonds is 4. The van der Waals surface area contributed by atoms with Crippen molar-refractivity contribution in [1.82, 2.24) is 14.5 Å². The van der Waals surface area contributed by atoms with Crippen molar-refractivity contribution >= 4 is 28.6 Å². The molecule has 1 atom stereocenters. The van der Waals surface area contributed by atoms with Crippen molar-refractivity contribution in [3.05, 3.63) is 53.0 Å². The minimum Gasteiger partial charge on any atom is -0.283 e. The second kappa shape index (κ2) is 7.47. The first kappa shape index (κ1) is 18.2. The lowest BCUT2D eigenvalue weighted by Crippen LogP contribution is -2.26. The molecule has 0 fully saturated rings. The molecule has 0 amide bonds. The highest BCUT2D eigenvalue weighted by molar-refractivity contribution is 8.00. The van der Waals surface area contributed by atoms with Crippen molar-refractivity contribution < 1.29 is 4.79 Å². The number of nitrogens with zero attached hydrogens (tertiary/aromatic N) is 3. The van der Waals surface area contributed by atoms with Crippen LogP contribution in [0.1, 0.15) is 53.6 Å². The zero-order valence-electron chi connectivity index (χ0n) is 16.2. The van der Waals surface area contributed by atoms with Crippen LogP contribution in [0.4, 0.5) is 0 Å². The molecule has 0 radical (unpaired) electrons. The number of para-hydroxylation sites is 1. The van der Waals surface area contributed by atoms with Crippen LogP contribution >= 0.6 is 11.8 Å². The molecule has 1 unspecified atom stereocenters. The molecule has 140 valence electrons. The summed E-state index contributed by atoms with van der Waals surface area (Å²) in [5.74, 6) is 0.157. The third-order valence-corrected chi connectivity index (χ3v) is 6.47. The van der Waals surface area contributed by atoms with Crippen LogP contribution < -0.4 is 0 Å². The van der Waals surface area contributed by atoms with Crippen molar-refractivity contribution in [2.24, 2.45) is 0 Å². The van der Waals surface area contributed by atoms with Gasteiger partial charge in [-0.25, -0.2) is 9.97 Å². The Bertz CT molecular complexity index is 988. The van der Waals surface area contributed by atoms with E-state index in [1.807, 2.05) is 30.5 Å². The average Bonchev–Trinajstić information content (AvgIpc) is 2.99. The first-order chi connectivity index (χ1) is 13.1.